The number of ether oxygens (including phenoxy) is 2. The lowest BCUT2D eigenvalue weighted by atomic mass is 10.1. The van der Waals surface area contributed by atoms with Crippen LogP contribution < -0.4 is 10.5 Å². The Balaban J connectivity index is 0.00000200. The molecule has 0 bridgehead atoms. The molecule has 1 aliphatic heterocycles. The number of benzene rings is 1. The fraction of sp³-hybridized carbons (Fsp3) is 0.500. The van der Waals surface area contributed by atoms with Gasteiger partial charge in [-0.25, -0.2) is 0 Å². The van der Waals surface area contributed by atoms with Crippen molar-refractivity contribution in [1.29, 1.82) is 0 Å². The molecule has 112 valence electrons. The highest BCUT2D eigenvalue weighted by atomic mass is 35.5. The lowest BCUT2D eigenvalue weighted by Crippen LogP contribution is -2.48. The van der Waals surface area contributed by atoms with E-state index in [1.165, 1.54) is 0 Å². The number of halogens is 1. The largest absolute Gasteiger partial charge is 0.497 e. The Kier molecular flexibility index (Phi) is 6.78. The molecule has 0 saturated carbocycles. The van der Waals surface area contributed by atoms with E-state index in [9.17, 15) is 4.79 Å². The molecule has 0 aromatic heterocycles. The number of hydrogen-bond donors (Lipinski definition) is 1. The molecule has 0 radical (unpaired) electrons. The van der Waals surface area contributed by atoms with Crippen molar-refractivity contribution in [2.24, 2.45) is 5.73 Å². The number of carbonyl (C=O) groups excluding carboxylic acids is 1. The Labute approximate surface area is 125 Å². The van der Waals surface area contributed by atoms with Crippen molar-refractivity contribution < 1.29 is 14.3 Å². The van der Waals surface area contributed by atoms with E-state index in [1.807, 2.05) is 29.2 Å². The summed E-state index contributed by atoms with van der Waals surface area (Å²) in [6, 6.07) is 7.58. The van der Waals surface area contributed by atoms with Crippen LogP contribution in [0.4, 0.5) is 0 Å². The van der Waals surface area contributed by atoms with Crippen LogP contribution in [0.15, 0.2) is 24.3 Å². The third-order valence-corrected chi connectivity index (χ3v) is 3.24. The standard InChI is InChI=1S/C14H20N2O3.ClH/c1-18-12-4-2-3-11(7-12)8-14(17)16-5-6-19-13(9-15)10-16;/h2-4,7,13H,5-6,8-10,15H2,1H3;1H. The molecular formula is C14H21ClN2O3. The SMILES string of the molecule is COc1cccc(CC(=O)N2CCOC(CN)C2)c1.Cl. The summed E-state index contributed by atoms with van der Waals surface area (Å²) in [5.41, 5.74) is 6.54. The van der Waals surface area contributed by atoms with Crippen LogP contribution in [0.2, 0.25) is 0 Å². The highest BCUT2D eigenvalue weighted by Crippen LogP contribution is 2.14. The molecule has 1 atom stereocenters. The molecule has 1 unspecified atom stereocenters. The maximum atomic E-state index is 12.2. The van der Waals surface area contributed by atoms with Gasteiger partial charge in [0.05, 0.1) is 26.2 Å². The van der Waals surface area contributed by atoms with Crippen molar-refractivity contribution in [2.75, 3.05) is 33.4 Å². The molecule has 2 rings (SSSR count). The maximum Gasteiger partial charge on any atom is 0.227 e. The van der Waals surface area contributed by atoms with Crippen LogP contribution in [0, 0.1) is 0 Å². The maximum absolute atomic E-state index is 12.2. The summed E-state index contributed by atoms with van der Waals surface area (Å²) >= 11 is 0. The second kappa shape index (κ2) is 8.09. The van der Waals surface area contributed by atoms with Crippen molar-refractivity contribution >= 4 is 18.3 Å². The average Bonchev–Trinajstić information content (AvgIpc) is 2.47. The van der Waals surface area contributed by atoms with Gasteiger partial charge in [0.25, 0.3) is 0 Å². The Morgan fingerprint density at radius 3 is 3.05 bits per heavy atom. The summed E-state index contributed by atoms with van der Waals surface area (Å²) in [5, 5.41) is 0. The smallest absolute Gasteiger partial charge is 0.227 e. The highest BCUT2D eigenvalue weighted by Gasteiger charge is 2.23. The summed E-state index contributed by atoms with van der Waals surface area (Å²) in [6.07, 6.45) is 0.345. The Morgan fingerprint density at radius 1 is 1.55 bits per heavy atom. The van der Waals surface area contributed by atoms with Gasteiger partial charge in [-0.3, -0.25) is 4.79 Å². The lowest BCUT2D eigenvalue weighted by Gasteiger charge is -2.32. The third kappa shape index (κ3) is 4.37. The summed E-state index contributed by atoms with van der Waals surface area (Å²) in [6.45, 7) is 2.23. The predicted molar refractivity (Wildman–Crippen MR) is 79.3 cm³/mol. The molecule has 1 aromatic carbocycles. The Morgan fingerprint density at radius 2 is 2.35 bits per heavy atom. The first-order valence-electron chi connectivity index (χ1n) is 6.45. The predicted octanol–water partition coefficient (Wildman–Crippen LogP) is 0.846. The number of carbonyl (C=O) groups is 1. The lowest BCUT2D eigenvalue weighted by molar-refractivity contribution is -0.137. The monoisotopic (exact) mass is 300 g/mol. The number of nitrogens with two attached hydrogens (primary N) is 1. The van der Waals surface area contributed by atoms with Gasteiger partial charge in [0.2, 0.25) is 5.91 Å². The van der Waals surface area contributed by atoms with Crippen LogP contribution in [-0.2, 0) is 16.0 Å². The minimum atomic E-state index is -0.0389. The molecule has 0 aliphatic carbocycles. The molecule has 1 amide bonds. The van der Waals surface area contributed by atoms with Crippen molar-refractivity contribution in [2.45, 2.75) is 12.5 Å². The van der Waals surface area contributed by atoms with Gasteiger partial charge in [-0.1, -0.05) is 12.1 Å². The fourth-order valence-corrected chi connectivity index (χ4v) is 2.16. The normalized spacial score (nSPS) is 18.3. The first-order valence-corrected chi connectivity index (χ1v) is 6.45. The van der Waals surface area contributed by atoms with Crippen LogP contribution >= 0.6 is 12.4 Å². The van der Waals surface area contributed by atoms with Crippen LogP contribution in [0.1, 0.15) is 5.56 Å². The topological polar surface area (TPSA) is 64.8 Å². The second-order valence-corrected chi connectivity index (χ2v) is 4.60. The zero-order valence-electron chi connectivity index (χ0n) is 11.6. The number of rotatable bonds is 4. The van der Waals surface area contributed by atoms with Gasteiger partial charge in [0.15, 0.2) is 0 Å². The van der Waals surface area contributed by atoms with E-state index in [4.69, 9.17) is 15.2 Å². The second-order valence-electron chi connectivity index (χ2n) is 4.60. The van der Waals surface area contributed by atoms with Gasteiger partial charge in [0.1, 0.15) is 5.75 Å². The molecule has 2 N–H and O–H groups in total. The van der Waals surface area contributed by atoms with E-state index in [-0.39, 0.29) is 24.4 Å². The van der Waals surface area contributed by atoms with Gasteiger partial charge < -0.3 is 20.1 Å². The van der Waals surface area contributed by atoms with Crippen LogP contribution in [0.3, 0.4) is 0 Å². The van der Waals surface area contributed by atoms with Crippen molar-refractivity contribution in [3.05, 3.63) is 29.8 Å². The Bertz CT molecular complexity index is 442. The van der Waals surface area contributed by atoms with Crippen LogP contribution in [0.25, 0.3) is 0 Å². The molecule has 20 heavy (non-hydrogen) atoms. The third-order valence-electron chi connectivity index (χ3n) is 3.24. The molecule has 5 nitrogen and oxygen atoms in total. The van der Waals surface area contributed by atoms with Gasteiger partial charge in [-0.15, -0.1) is 12.4 Å². The van der Waals surface area contributed by atoms with Crippen molar-refractivity contribution in [3.63, 3.8) is 0 Å². The number of morpholine rings is 1. The molecule has 1 saturated heterocycles. The fourth-order valence-electron chi connectivity index (χ4n) is 2.16. The first kappa shape index (κ1) is 16.8. The summed E-state index contributed by atoms with van der Waals surface area (Å²) in [7, 11) is 1.62. The average molecular weight is 301 g/mol. The first-order chi connectivity index (χ1) is 9.22. The minimum Gasteiger partial charge on any atom is -0.497 e. The van der Waals surface area contributed by atoms with Gasteiger partial charge in [0, 0.05) is 19.6 Å². The molecule has 1 aliphatic rings. The van der Waals surface area contributed by atoms with E-state index < -0.39 is 0 Å². The van der Waals surface area contributed by atoms with Gasteiger partial charge in [-0.2, -0.15) is 0 Å². The Hall–Kier alpha value is -1.30. The van der Waals surface area contributed by atoms with E-state index in [0.717, 1.165) is 11.3 Å². The number of nitrogens with zero attached hydrogens (tertiary/aromatic N) is 1. The van der Waals surface area contributed by atoms with Gasteiger partial charge >= 0.3 is 0 Å². The van der Waals surface area contributed by atoms with E-state index in [2.05, 4.69) is 0 Å². The summed E-state index contributed by atoms with van der Waals surface area (Å²) in [5.74, 6) is 0.877. The van der Waals surface area contributed by atoms with Crippen LogP contribution in [-0.4, -0.2) is 50.3 Å². The minimum absolute atomic E-state index is 0. The summed E-state index contributed by atoms with van der Waals surface area (Å²) in [4.78, 5) is 14.0. The number of hydrogen-bond acceptors (Lipinski definition) is 4. The molecule has 0 spiro atoms. The quantitative estimate of drug-likeness (QED) is 0.895. The molecule has 6 heteroatoms. The molecular weight excluding hydrogens is 280 g/mol. The number of methoxy groups -OCH3 is 1. The van der Waals surface area contributed by atoms with Crippen molar-refractivity contribution in [1.82, 2.24) is 4.90 Å². The zero-order chi connectivity index (χ0) is 13.7. The van der Waals surface area contributed by atoms with E-state index >= 15 is 0 Å². The zero-order valence-corrected chi connectivity index (χ0v) is 12.4. The van der Waals surface area contributed by atoms with Crippen molar-refractivity contribution in [3.8, 4) is 5.75 Å². The van der Waals surface area contributed by atoms with E-state index in [0.29, 0.717) is 32.7 Å². The summed E-state index contributed by atoms with van der Waals surface area (Å²) < 4.78 is 10.6. The van der Waals surface area contributed by atoms with Gasteiger partial charge in [-0.05, 0) is 17.7 Å². The molecule has 1 aromatic rings. The highest BCUT2D eigenvalue weighted by molar-refractivity contribution is 5.85. The van der Waals surface area contributed by atoms with E-state index in [1.54, 1.807) is 7.11 Å². The molecule has 1 heterocycles. The molecule has 1 fully saturated rings. The number of amides is 1. The van der Waals surface area contributed by atoms with Crippen LogP contribution in [0.5, 0.6) is 5.75 Å².